The van der Waals surface area contributed by atoms with Crippen molar-refractivity contribution in [2.24, 2.45) is 11.8 Å². The number of hydrogen-bond donors (Lipinski definition) is 2. The molecule has 0 saturated heterocycles. The highest BCUT2D eigenvalue weighted by atomic mass is 16.2. The van der Waals surface area contributed by atoms with Gasteiger partial charge in [0, 0.05) is 24.9 Å². The zero-order valence-corrected chi connectivity index (χ0v) is 14.2. The van der Waals surface area contributed by atoms with Crippen LogP contribution < -0.4 is 10.6 Å². The third-order valence-corrected chi connectivity index (χ3v) is 4.60. The molecule has 2 aromatic rings. The molecule has 2 atom stereocenters. The number of hydrogen-bond acceptors (Lipinski definition) is 2. The summed E-state index contributed by atoms with van der Waals surface area (Å²) in [5, 5.41) is 8.20. The standard InChI is InChI=1S/C20H24N2O2/c1-13(2)19(23)21-10-11-22-20(24)18-12-17(18)16-9-5-7-14-6-3-4-8-15(14)16/h3-9,13,17-18H,10-12H2,1-2H3,(H,21,23)(H,22,24)/t17-,18-/m0/s1. The van der Waals surface area contributed by atoms with Gasteiger partial charge in [-0.3, -0.25) is 9.59 Å². The van der Waals surface area contributed by atoms with Crippen molar-refractivity contribution in [3.05, 3.63) is 48.0 Å². The molecule has 1 fully saturated rings. The topological polar surface area (TPSA) is 58.2 Å². The normalized spacial score (nSPS) is 19.3. The van der Waals surface area contributed by atoms with Gasteiger partial charge in [-0.05, 0) is 28.7 Å². The quantitative estimate of drug-likeness (QED) is 0.803. The zero-order chi connectivity index (χ0) is 17.1. The molecule has 1 aliphatic rings. The maximum atomic E-state index is 12.3. The molecule has 1 aliphatic carbocycles. The number of carbonyl (C=O) groups excluding carboxylic acids is 2. The van der Waals surface area contributed by atoms with Gasteiger partial charge < -0.3 is 10.6 Å². The van der Waals surface area contributed by atoms with E-state index in [1.807, 2.05) is 26.0 Å². The number of amides is 2. The SMILES string of the molecule is CC(C)C(=O)NCCNC(=O)[C@H]1C[C@H]1c1cccc2ccccc12. The molecule has 0 radical (unpaired) electrons. The van der Waals surface area contributed by atoms with E-state index in [0.29, 0.717) is 19.0 Å². The Balaban J connectivity index is 1.53. The Morgan fingerprint density at radius 2 is 1.75 bits per heavy atom. The van der Waals surface area contributed by atoms with Crippen molar-refractivity contribution < 1.29 is 9.59 Å². The first-order valence-corrected chi connectivity index (χ1v) is 8.61. The number of carbonyl (C=O) groups is 2. The molecule has 4 heteroatoms. The van der Waals surface area contributed by atoms with Crippen LogP contribution in [0.15, 0.2) is 42.5 Å². The fourth-order valence-corrected chi connectivity index (χ4v) is 3.11. The van der Waals surface area contributed by atoms with Crippen LogP contribution in [0, 0.1) is 11.8 Å². The van der Waals surface area contributed by atoms with E-state index in [1.54, 1.807) is 0 Å². The van der Waals surface area contributed by atoms with Gasteiger partial charge in [0.2, 0.25) is 11.8 Å². The first-order chi connectivity index (χ1) is 11.6. The van der Waals surface area contributed by atoms with Crippen LogP contribution in [0.1, 0.15) is 31.7 Å². The van der Waals surface area contributed by atoms with Crippen molar-refractivity contribution in [2.75, 3.05) is 13.1 Å². The van der Waals surface area contributed by atoms with E-state index in [9.17, 15) is 9.59 Å². The van der Waals surface area contributed by atoms with E-state index < -0.39 is 0 Å². The number of fused-ring (bicyclic) bond motifs is 1. The molecule has 4 nitrogen and oxygen atoms in total. The smallest absolute Gasteiger partial charge is 0.223 e. The summed E-state index contributed by atoms with van der Waals surface area (Å²) in [4.78, 5) is 23.8. The molecule has 0 unspecified atom stereocenters. The fourth-order valence-electron chi connectivity index (χ4n) is 3.11. The molecule has 0 spiro atoms. The summed E-state index contributed by atoms with van der Waals surface area (Å²) < 4.78 is 0. The van der Waals surface area contributed by atoms with Crippen LogP contribution in [0.2, 0.25) is 0 Å². The molecule has 3 rings (SSSR count). The lowest BCUT2D eigenvalue weighted by Gasteiger charge is -2.09. The highest BCUT2D eigenvalue weighted by Gasteiger charge is 2.44. The second-order valence-electron chi connectivity index (χ2n) is 6.75. The maximum absolute atomic E-state index is 12.3. The highest BCUT2D eigenvalue weighted by molar-refractivity contribution is 5.89. The van der Waals surface area contributed by atoms with Crippen LogP contribution in [0.5, 0.6) is 0 Å². The van der Waals surface area contributed by atoms with E-state index in [1.165, 1.54) is 16.3 Å². The fraction of sp³-hybridized carbons (Fsp3) is 0.400. The molecule has 0 heterocycles. The lowest BCUT2D eigenvalue weighted by molar-refractivity contribution is -0.125. The minimum atomic E-state index is -0.0279. The third-order valence-electron chi connectivity index (χ3n) is 4.60. The van der Waals surface area contributed by atoms with Crippen LogP contribution in [0.3, 0.4) is 0 Å². The van der Waals surface area contributed by atoms with E-state index in [4.69, 9.17) is 0 Å². The van der Waals surface area contributed by atoms with Crippen molar-refractivity contribution in [2.45, 2.75) is 26.2 Å². The molecule has 2 N–H and O–H groups in total. The predicted molar refractivity (Wildman–Crippen MR) is 95.7 cm³/mol. The first kappa shape index (κ1) is 16.5. The summed E-state index contributed by atoms with van der Waals surface area (Å²) in [7, 11) is 0. The largest absolute Gasteiger partial charge is 0.354 e. The molecule has 24 heavy (non-hydrogen) atoms. The Bertz CT molecular complexity index is 749. The Kier molecular flexibility index (Phi) is 4.84. The maximum Gasteiger partial charge on any atom is 0.223 e. The van der Waals surface area contributed by atoms with Crippen LogP contribution in [0.25, 0.3) is 10.8 Å². The van der Waals surface area contributed by atoms with E-state index in [-0.39, 0.29) is 23.7 Å². The summed E-state index contributed by atoms with van der Waals surface area (Å²) in [6.07, 6.45) is 0.901. The summed E-state index contributed by atoms with van der Waals surface area (Å²) in [5.74, 6) is 0.439. The Morgan fingerprint density at radius 3 is 2.54 bits per heavy atom. The lowest BCUT2D eigenvalue weighted by atomic mass is 10.00. The summed E-state index contributed by atoms with van der Waals surface area (Å²) >= 11 is 0. The number of nitrogens with one attached hydrogen (secondary N) is 2. The molecular weight excluding hydrogens is 300 g/mol. The molecule has 0 aromatic heterocycles. The zero-order valence-electron chi connectivity index (χ0n) is 14.2. The Morgan fingerprint density at radius 1 is 1.04 bits per heavy atom. The average Bonchev–Trinajstić information content (AvgIpc) is 3.38. The van der Waals surface area contributed by atoms with Crippen molar-refractivity contribution in [1.82, 2.24) is 10.6 Å². The predicted octanol–water partition coefficient (Wildman–Crippen LogP) is 2.83. The van der Waals surface area contributed by atoms with Gasteiger partial charge in [-0.25, -0.2) is 0 Å². The Labute approximate surface area is 142 Å². The molecular formula is C20H24N2O2. The van der Waals surface area contributed by atoms with Gasteiger partial charge in [-0.15, -0.1) is 0 Å². The molecule has 2 aromatic carbocycles. The number of benzene rings is 2. The van der Waals surface area contributed by atoms with Gasteiger partial charge in [0.15, 0.2) is 0 Å². The monoisotopic (exact) mass is 324 g/mol. The minimum absolute atomic E-state index is 0.0179. The molecule has 0 aliphatic heterocycles. The molecule has 2 amide bonds. The van der Waals surface area contributed by atoms with Crippen LogP contribution >= 0.6 is 0 Å². The average molecular weight is 324 g/mol. The molecule has 1 saturated carbocycles. The second-order valence-corrected chi connectivity index (χ2v) is 6.75. The summed E-state index contributed by atoms with van der Waals surface area (Å²) in [6.45, 7) is 4.67. The van der Waals surface area contributed by atoms with Crippen molar-refractivity contribution in [3.63, 3.8) is 0 Å². The van der Waals surface area contributed by atoms with E-state index in [0.717, 1.165) is 6.42 Å². The van der Waals surface area contributed by atoms with Gasteiger partial charge in [0.25, 0.3) is 0 Å². The summed E-state index contributed by atoms with van der Waals surface area (Å²) in [6, 6.07) is 14.6. The lowest BCUT2D eigenvalue weighted by Crippen LogP contribution is -2.37. The first-order valence-electron chi connectivity index (χ1n) is 8.61. The van der Waals surface area contributed by atoms with Crippen molar-refractivity contribution in [1.29, 1.82) is 0 Å². The van der Waals surface area contributed by atoms with Gasteiger partial charge in [-0.1, -0.05) is 56.3 Å². The second kappa shape index (κ2) is 7.04. The van der Waals surface area contributed by atoms with Crippen molar-refractivity contribution >= 4 is 22.6 Å². The Hall–Kier alpha value is -2.36. The van der Waals surface area contributed by atoms with Gasteiger partial charge in [0.05, 0.1) is 0 Å². The van der Waals surface area contributed by atoms with Crippen molar-refractivity contribution in [3.8, 4) is 0 Å². The third kappa shape index (κ3) is 3.58. The number of rotatable bonds is 6. The van der Waals surface area contributed by atoms with Crippen LogP contribution in [-0.2, 0) is 9.59 Å². The van der Waals surface area contributed by atoms with Gasteiger partial charge in [-0.2, -0.15) is 0 Å². The van der Waals surface area contributed by atoms with Gasteiger partial charge in [0.1, 0.15) is 0 Å². The van der Waals surface area contributed by atoms with E-state index in [2.05, 4.69) is 41.0 Å². The van der Waals surface area contributed by atoms with Crippen LogP contribution in [0.4, 0.5) is 0 Å². The highest BCUT2D eigenvalue weighted by Crippen LogP contribution is 2.49. The van der Waals surface area contributed by atoms with E-state index >= 15 is 0 Å². The molecule has 126 valence electrons. The molecule has 0 bridgehead atoms. The summed E-state index contributed by atoms with van der Waals surface area (Å²) in [5.41, 5.74) is 1.27. The van der Waals surface area contributed by atoms with Gasteiger partial charge >= 0.3 is 0 Å². The minimum Gasteiger partial charge on any atom is -0.354 e. The van der Waals surface area contributed by atoms with Crippen LogP contribution in [-0.4, -0.2) is 24.9 Å².